The standard InChI is InChI=1S/C22H18ClN3O/c23-17-10-8-15(9-11-17)20-13-18(14-21(27)16-5-2-1-3-6-16)25-19-7-4-12-24-22(19)26-20/h1-12,14,20,25H,13H2,(H,24,26)/b18-14-. The van der Waals surface area contributed by atoms with E-state index < -0.39 is 0 Å². The molecule has 5 heteroatoms. The van der Waals surface area contributed by atoms with Crippen molar-refractivity contribution >= 4 is 28.9 Å². The van der Waals surface area contributed by atoms with E-state index in [1.54, 1.807) is 12.3 Å². The molecule has 4 rings (SSSR count). The number of benzene rings is 2. The number of anilines is 2. The normalized spacial score (nSPS) is 17.4. The topological polar surface area (TPSA) is 54.0 Å². The van der Waals surface area contributed by atoms with Crippen LogP contribution in [0.4, 0.5) is 11.5 Å². The molecule has 4 nitrogen and oxygen atoms in total. The summed E-state index contributed by atoms with van der Waals surface area (Å²) in [6.45, 7) is 0. The fraction of sp³-hybridized carbons (Fsp3) is 0.0909. The number of nitrogens with zero attached hydrogens (tertiary/aromatic N) is 1. The average molecular weight is 376 g/mol. The first-order chi connectivity index (χ1) is 13.2. The zero-order chi connectivity index (χ0) is 18.6. The third-order valence-electron chi connectivity index (χ3n) is 4.47. The summed E-state index contributed by atoms with van der Waals surface area (Å²) >= 11 is 6.03. The molecule has 0 fully saturated rings. The smallest absolute Gasteiger partial charge is 0.187 e. The van der Waals surface area contributed by atoms with Crippen molar-refractivity contribution in [3.8, 4) is 0 Å². The van der Waals surface area contributed by atoms with Crippen LogP contribution < -0.4 is 10.6 Å². The first-order valence-electron chi connectivity index (χ1n) is 8.73. The maximum atomic E-state index is 12.7. The monoisotopic (exact) mass is 375 g/mol. The molecule has 2 N–H and O–H groups in total. The third-order valence-corrected chi connectivity index (χ3v) is 4.73. The van der Waals surface area contributed by atoms with Gasteiger partial charge in [0.2, 0.25) is 0 Å². The van der Waals surface area contributed by atoms with Crippen LogP contribution in [-0.2, 0) is 0 Å². The molecule has 2 heterocycles. The first kappa shape index (κ1) is 17.3. The number of allylic oxidation sites excluding steroid dienone is 1. The van der Waals surface area contributed by atoms with E-state index in [-0.39, 0.29) is 11.8 Å². The third kappa shape index (κ3) is 4.01. The van der Waals surface area contributed by atoms with Crippen LogP contribution in [-0.4, -0.2) is 10.8 Å². The summed E-state index contributed by atoms with van der Waals surface area (Å²) in [6, 6.07) is 20.8. The number of rotatable bonds is 3. The number of carbonyl (C=O) groups excluding carboxylic acids is 1. The van der Waals surface area contributed by atoms with E-state index in [0.29, 0.717) is 17.0 Å². The van der Waals surface area contributed by atoms with Crippen molar-refractivity contribution in [2.24, 2.45) is 0 Å². The molecule has 0 bridgehead atoms. The lowest BCUT2D eigenvalue weighted by atomic mass is 10.0. The number of hydrogen-bond donors (Lipinski definition) is 2. The molecule has 134 valence electrons. The number of pyridine rings is 1. The maximum absolute atomic E-state index is 12.7. The van der Waals surface area contributed by atoms with Crippen molar-refractivity contribution in [1.82, 2.24) is 4.98 Å². The highest BCUT2D eigenvalue weighted by Gasteiger charge is 2.21. The van der Waals surface area contributed by atoms with E-state index in [1.807, 2.05) is 66.7 Å². The summed E-state index contributed by atoms with van der Waals surface area (Å²) in [7, 11) is 0. The Balaban J connectivity index is 1.70. The second-order valence-corrected chi connectivity index (χ2v) is 6.81. The number of halogens is 1. The molecule has 0 aliphatic carbocycles. The summed E-state index contributed by atoms with van der Waals surface area (Å²) in [5, 5.41) is 7.52. The second kappa shape index (κ2) is 7.64. The summed E-state index contributed by atoms with van der Waals surface area (Å²) in [5.74, 6) is 0.730. The van der Waals surface area contributed by atoms with Crippen molar-refractivity contribution in [3.05, 3.63) is 101 Å². The quantitative estimate of drug-likeness (QED) is 0.470. The molecule has 0 amide bonds. The van der Waals surface area contributed by atoms with Gasteiger partial charge in [-0.3, -0.25) is 4.79 Å². The molecule has 1 aromatic heterocycles. The minimum Gasteiger partial charge on any atom is -0.361 e. The molecule has 3 aromatic rings. The van der Waals surface area contributed by atoms with Gasteiger partial charge in [0.25, 0.3) is 0 Å². The highest BCUT2D eigenvalue weighted by atomic mass is 35.5. The molecule has 0 spiro atoms. The van der Waals surface area contributed by atoms with E-state index in [0.717, 1.165) is 22.8 Å². The van der Waals surface area contributed by atoms with Crippen LogP contribution in [0.1, 0.15) is 28.4 Å². The van der Waals surface area contributed by atoms with E-state index in [9.17, 15) is 4.79 Å². The van der Waals surface area contributed by atoms with E-state index in [1.165, 1.54) is 0 Å². The molecular weight excluding hydrogens is 358 g/mol. The number of ketones is 1. The largest absolute Gasteiger partial charge is 0.361 e. The van der Waals surface area contributed by atoms with Gasteiger partial charge >= 0.3 is 0 Å². The van der Waals surface area contributed by atoms with E-state index in [2.05, 4.69) is 15.6 Å². The Kier molecular flexibility index (Phi) is 4.90. The molecule has 0 saturated carbocycles. The summed E-state index contributed by atoms with van der Waals surface area (Å²) in [4.78, 5) is 17.1. The Bertz CT molecular complexity index is 984. The molecule has 1 aliphatic rings. The van der Waals surface area contributed by atoms with Crippen LogP contribution in [0.5, 0.6) is 0 Å². The van der Waals surface area contributed by atoms with Gasteiger partial charge in [-0.1, -0.05) is 54.1 Å². The minimum atomic E-state index is -0.0275. The van der Waals surface area contributed by atoms with Gasteiger partial charge in [0.05, 0.1) is 11.7 Å². The number of aromatic nitrogens is 1. The predicted molar refractivity (Wildman–Crippen MR) is 109 cm³/mol. The van der Waals surface area contributed by atoms with Gasteiger partial charge in [-0.15, -0.1) is 0 Å². The van der Waals surface area contributed by atoms with E-state index in [4.69, 9.17) is 11.6 Å². The van der Waals surface area contributed by atoms with E-state index >= 15 is 0 Å². The fourth-order valence-corrected chi connectivity index (χ4v) is 3.24. The molecule has 0 radical (unpaired) electrons. The molecule has 0 saturated heterocycles. The maximum Gasteiger partial charge on any atom is 0.187 e. The zero-order valence-electron chi connectivity index (χ0n) is 14.5. The van der Waals surface area contributed by atoms with Gasteiger partial charge in [-0.2, -0.15) is 0 Å². The van der Waals surface area contributed by atoms with Gasteiger partial charge in [-0.25, -0.2) is 4.98 Å². The second-order valence-electron chi connectivity index (χ2n) is 6.38. The Hall–Kier alpha value is -3.11. The van der Waals surface area contributed by atoms with Gasteiger partial charge in [0, 0.05) is 35.0 Å². The lowest BCUT2D eigenvalue weighted by molar-refractivity contribution is 0.104. The van der Waals surface area contributed by atoms with Crippen molar-refractivity contribution in [1.29, 1.82) is 0 Å². The van der Waals surface area contributed by atoms with Crippen LogP contribution in [0.25, 0.3) is 0 Å². The summed E-state index contributed by atoms with van der Waals surface area (Å²) < 4.78 is 0. The Morgan fingerprint density at radius 3 is 2.59 bits per heavy atom. The lowest BCUT2D eigenvalue weighted by Gasteiger charge is -2.17. The minimum absolute atomic E-state index is 0.0271. The molecule has 27 heavy (non-hydrogen) atoms. The Labute approximate surface area is 162 Å². The average Bonchev–Trinajstić information content (AvgIpc) is 2.88. The number of carbonyl (C=O) groups is 1. The van der Waals surface area contributed by atoms with Crippen LogP contribution in [0.15, 0.2) is 84.7 Å². The van der Waals surface area contributed by atoms with Gasteiger partial charge in [0.1, 0.15) is 5.82 Å². The Morgan fingerprint density at radius 1 is 1.04 bits per heavy atom. The van der Waals surface area contributed by atoms with Crippen LogP contribution in [0.3, 0.4) is 0 Å². The summed E-state index contributed by atoms with van der Waals surface area (Å²) in [6.07, 6.45) is 4.04. The number of hydrogen-bond acceptors (Lipinski definition) is 4. The van der Waals surface area contributed by atoms with Crippen LogP contribution >= 0.6 is 11.6 Å². The van der Waals surface area contributed by atoms with Crippen molar-refractivity contribution in [2.75, 3.05) is 10.6 Å². The SMILES string of the molecule is O=C(/C=C1/CC(c2ccc(Cl)cc2)Nc2ncccc2N1)c1ccccc1. The number of fused-ring (bicyclic) bond motifs is 1. The fourth-order valence-electron chi connectivity index (χ4n) is 3.12. The predicted octanol–water partition coefficient (Wildman–Crippen LogP) is 5.47. The highest BCUT2D eigenvalue weighted by Crippen LogP contribution is 2.34. The molecule has 2 aromatic carbocycles. The number of nitrogens with one attached hydrogen (secondary N) is 2. The summed E-state index contributed by atoms with van der Waals surface area (Å²) in [5.41, 5.74) is 3.43. The van der Waals surface area contributed by atoms with Crippen LogP contribution in [0, 0.1) is 0 Å². The first-order valence-corrected chi connectivity index (χ1v) is 9.11. The Morgan fingerprint density at radius 2 is 1.81 bits per heavy atom. The zero-order valence-corrected chi connectivity index (χ0v) is 15.3. The molecule has 1 unspecified atom stereocenters. The van der Waals surface area contributed by atoms with Crippen molar-refractivity contribution in [2.45, 2.75) is 12.5 Å². The molecule has 1 atom stereocenters. The van der Waals surface area contributed by atoms with Crippen LogP contribution in [0.2, 0.25) is 5.02 Å². The van der Waals surface area contributed by atoms with Gasteiger partial charge in [0.15, 0.2) is 5.78 Å². The van der Waals surface area contributed by atoms with Crippen molar-refractivity contribution in [3.63, 3.8) is 0 Å². The molecule has 1 aliphatic heterocycles. The van der Waals surface area contributed by atoms with Crippen molar-refractivity contribution < 1.29 is 4.79 Å². The van der Waals surface area contributed by atoms with Gasteiger partial charge in [-0.05, 0) is 29.8 Å². The molecular formula is C22H18ClN3O. The van der Waals surface area contributed by atoms with Gasteiger partial charge < -0.3 is 10.6 Å². The highest BCUT2D eigenvalue weighted by molar-refractivity contribution is 6.30. The lowest BCUT2D eigenvalue weighted by Crippen LogP contribution is -2.11.